The Kier molecular flexibility index (Phi) is 9.50. The zero-order chi connectivity index (χ0) is 19.0. The summed E-state index contributed by atoms with van der Waals surface area (Å²) in [4.78, 5) is 24.4. The maximum Gasteiger partial charge on any atom is 0.345 e. The van der Waals surface area contributed by atoms with Crippen LogP contribution in [0, 0.1) is 4.91 Å². The number of amides is 2. The molecule has 11 nitrogen and oxygen atoms in total. The van der Waals surface area contributed by atoms with Crippen molar-refractivity contribution in [3.63, 3.8) is 0 Å². The van der Waals surface area contributed by atoms with Gasteiger partial charge < -0.3 is 29.9 Å². The number of carbonyl (C=O) groups excluding carboxylic acids is 1. The Bertz CT molecular complexity index is 430. The van der Waals surface area contributed by atoms with Gasteiger partial charge in [0.1, 0.15) is 24.4 Å². The summed E-state index contributed by atoms with van der Waals surface area (Å²) in [6, 6.07) is -0.893. The van der Waals surface area contributed by atoms with Crippen molar-refractivity contribution in [2.75, 3.05) is 39.3 Å². The van der Waals surface area contributed by atoms with Gasteiger partial charge in [-0.25, -0.2) is 4.79 Å². The van der Waals surface area contributed by atoms with E-state index in [2.05, 4.69) is 5.29 Å². The van der Waals surface area contributed by atoms with Crippen molar-refractivity contribution in [3.05, 3.63) is 4.91 Å². The second-order valence-corrected chi connectivity index (χ2v) is 5.81. The summed E-state index contributed by atoms with van der Waals surface area (Å²) in [5, 5.41) is 42.3. The quantitative estimate of drug-likeness (QED) is 0.161. The molecule has 4 N–H and O–H groups in total. The van der Waals surface area contributed by atoms with Crippen molar-refractivity contribution in [3.8, 4) is 0 Å². The van der Waals surface area contributed by atoms with Gasteiger partial charge in [0.05, 0.1) is 18.4 Å². The zero-order valence-electron chi connectivity index (χ0n) is 13.8. The molecule has 1 aliphatic heterocycles. The minimum Gasteiger partial charge on any atom is -0.394 e. The molecule has 0 bridgehead atoms. The number of rotatable bonds is 9. The molecule has 1 unspecified atom stereocenters. The van der Waals surface area contributed by atoms with Crippen molar-refractivity contribution in [1.29, 1.82) is 0 Å². The van der Waals surface area contributed by atoms with E-state index in [4.69, 9.17) is 21.1 Å². The lowest BCUT2D eigenvalue weighted by atomic mass is 9.97. The van der Waals surface area contributed by atoms with Crippen LogP contribution in [-0.4, -0.2) is 106 Å². The molecular weight excluding hydrogens is 362 g/mol. The number of hydrogen-bond acceptors (Lipinski definition) is 9. The van der Waals surface area contributed by atoms with E-state index in [1.165, 1.54) is 7.11 Å². The Hall–Kier alpha value is -1.08. The van der Waals surface area contributed by atoms with E-state index < -0.39 is 43.3 Å². The van der Waals surface area contributed by atoms with Crippen LogP contribution in [-0.2, 0) is 9.47 Å². The second-order valence-electron chi connectivity index (χ2n) is 5.44. The van der Waals surface area contributed by atoms with Gasteiger partial charge in [-0.15, -0.1) is 16.5 Å². The minimum absolute atomic E-state index is 0.00364. The number of nitroso groups, excluding NO2 is 1. The topological polar surface area (TPSA) is 152 Å². The van der Waals surface area contributed by atoms with Gasteiger partial charge in [0.25, 0.3) is 0 Å². The average Bonchev–Trinajstić information content (AvgIpc) is 2.62. The lowest BCUT2D eigenvalue weighted by molar-refractivity contribution is -0.258. The van der Waals surface area contributed by atoms with Crippen LogP contribution in [0.5, 0.6) is 0 Å². The van der Waals surface area contributed by atoms with Gasteiger partial charge >= 0.3 is 6.03 Å². The highest BCUT2D eigenvalue weighted by molar-refractivity contribution is 6.18. The normalized spacial score (nSPS) is 29.3. The number of methoxy groups -OCH3 is 1. The van der Waals surface area contributed by atoms with Crippen LogP contribution in [0.2, 0.25) is 0 Å². The summed E-state index contributed by atoms with van der Waals surface area (Å²) in [6.07, 6.45) is -7.13. The third kappa shape index (κ3) is 5.45. The van der Waals surface area contributed by atoms with Gasteiger partial charge in [-0.1, -0.05) is 0 Å². The van der Waals surface area contributed by atoms with Crippen LogP contribution in [0.25, 0.3) is 0 Å². The maximum atomic E-state index is 12.5. The highest BCUT2D eigenvalue weighted by Gasteiger charge is 2.47. The molecule has 1 fully saturated rings. The average molecular weight is 386 g/mol. The third-order valence-electron chi connectivity index (χ3n) is 3.78. The number of ether oxygens (including phenoxy) is 2. The van der Waals surface area contributed by atoms with Crippen molar-refractivity contribution in [2.24, 2.45) is 5.29 Å². The first-order valence-corrected chi connectivity index (χ1v) is 8.23. The summed E-state index contributed by atoms with van der Waals surface area (Å²) in [5.74, 6) is -0.0436. The summed E-state index contributed by atoms with van der Waals surface area (Å²) < 4.78 is 10.3. The Balaban J connectivity index is 3.03. The van der Waals surface area contributed by atoms with Gasteiger partial charge in [0.15, 0.2) is 6.23 Å². The maximum absolute atomic E-state index is 12.5. The van der Waals surface area contributed by atoms with E-state index in [1.54, 1.807) is 0 Å². The van der Waals surface area contributed by atoms with Gasteiger partial charge in [-0.2, -0.15) is 5.01 Å². The van der Waals surface area contributed by atoms with Crippen molar-refractivity contribution >= 4 is 17.6 Å². The molecular formula is C13H24ClN3O8. The number of aliphatic hydroxyl groups is 4. The van der Waals surface area contributed by atoms with Gasteiger partial charge in [0, 0.05) is 26.1 Å². The lowest BCUT2D eigenvalue weighted by Gasteiger charge is -2.44. The van der Waals surface area contributed by atoms with E-state index >= 15 is 0 Å². The van der Waals surface area contributed by atoms with Crippen LogP contribution in [0.1, 0.15) is 6.42 Å². The highest BCUT2D eigenvalue weighted by Crippen LogP contribution is 2.25. The van der Waals surface area contributed by atoms with Gasteiger partial charge in [-0.3, -0.25) is 4.90 Å². The number of carbonyl (C=O) groups is 1. The van der Waals surface area contributed by atoms with Crippen molar-refractivity contribution in [2.45, 2.75) is 37.1 Å². The fourth-order valence-electron chi connectivity index (χ4n) is 2.45. The lowest BCUT2D eigenvalue weighted by Crippen LogP contribution is -2.65. The number of alkyl halides is 1. The fourth-order valence-corrected chi connectivity index (χ4v) is 2.61. The first-order chi connectivity index (χ1) is 11.9. The molecule has 146 valence electrons. The Morgan fingerprint density at radius 1 is 1.24 bits per heavy atom. The van der Waals surface area contributed by atoms with Crippen LogP contribution < -0.4 is 0 Å². The largest absolute Gasteiger partial charge is 0.394 e. The summed E-state index contributed by atoms with van der Waals surface area (Å²) in [6.45, 7) is -0.518. The second kappa shape index (κ2) is 10.8. The number of hydrogen-bond donors (Lipinski definition) is 4. The van der Waals surface area contributed by atoms with Crippen LogP contribution in [0.3, 0.4) is 0 Å². The number of nitrogens with zero attached hydrogens (tertiary/aromatic N) is 3. The Labute approximate surface area is 149 Å². The molecule has 0 saturated carbocycles. The van der Waals surface area contributed by atoms with E-state index in [9.17, 15) is 30.1 Å². The Morgan fingerprint density at radius 2 is 1.92 bits per heavy atom. The molecule has 12 heteroatoms. The molecule has 1 saturated heterocycles. The van der Waals surface area contributed by atoms with E-state index in [-0.39, 0.29) is 25.6 Å². The van der Waals surface area contributed by atoms with Crippen molar-refractivity contribution in [1.82, 2.24) is 9.91 Å². The van der Waals surface area contributed by atoms with E-state index in [1.807, 2.05) is 0 Å². The molecule has 0 spiro atoms. The molecule has 0 aliphatic carbocycles. The smallest absolute Gasteiger partial charge is 0.345 e. The molecule has 0 aromatic heterocycles. The molecule has 0 aromatic rings. The van der Waals surface area contributed by atoms with Crippen LogP contribution >= 0.6 is 11.6 Å². The number of aliphatic hydroxyl groups excluding tert-OH is 4. The fraction of sp³-hybridized carbons (Fsp3) is 0.923. The molecule has 0 aromatic carbocycles. The SMILES string of the molecule is COCCCN(C(=O)N(CCCl)N=O)C1O[C@H](CO)[C@@H](O)[C@H](O)[C@H]1O. The van der Waals surface area contributed by atoms with E-state index in [0.29, 0.717) is 11.4 Å². The summed E-state index contributed by atoms with van der Waals surface area (Å²) >= 11 is 5.53. The molecule has 1 rings (SSSR count). The van der Waals surface area contributed by atoms with Gasteiger partial charge in [0.2, 0.25) is 0 Å². The predicted molar refractivity (Wildman–Crippen MR) is 85.6 cm³/mol. The highest BCUT2D eigenvalue weighted by atomic mass is 35.5. The monoisotopic (exact) mass is 385 g/mol. The molecule has 25 heavy (non-hydrogen) atoms. The molecule has 0 radical (unpaired) electrons. The first kappa shape index (κ1) is 22.0. The number of urea groups is 1. The van der Waals surface area contributed by atoms with Crippen molar-refractivity contribution < 1.29 is 34.7 Å². The van der Waals surface area contributed by atoms with E-state index in [0.717, 1.165) is 4.90 Å². The van der Waals surface area contributed by atoms with Gasteiger partial charge in [-0.05, 0) is 6.42 Å². The summed E-state index contributed by atoms with van der Waals surface area (Å²) in [5.41, 5.74) is 0. The molecule has 2 amide bonds. The molecule has 1 aliphatic rings. The van der Waals surface area contributed by atoms with Crippen LogP contribution in [0.15, 0.2) is 5.29 Å². The number of halogens is 1. The predicted octanol–water partition coefficient (Wildman–Crippen LogP) is -1.53. The standard InChI is InChI=1S/C13H24ClN3O8/c1-24-6-2-4-16(13(22)17(15-23)5-3-14)12-11(21)10(20)9(19)8(7-18)25-12/h8-12,18-21H,2-7H2,1H3/t8-,9-,10+,11-,12?/m1/s1. The van der Waals surface area contributed by atoms with Crippen LogP contribution in [0.4, 0.5) is 4.79 Å². The minimum atomic E-state index is -1.66. The Morgan fingerprint density at radius 3 is 2.44 bits per heavy atom. The summed E-state index contributed by atoms with van der Waals surface area (Å²) in [7, 11) is 1.47. The third-order valence-corrected chi connectivity index (χ3v) is 3.95. The first-order valence-electron chi connectivity index (χ1n) is 7.69. The molecule has 1 heterocycles. The zero-order valence-corrected chi connectivity index (χ0v) is 14.5. The molecule has 5 atom stereocenters.